The van der Waals surface area contributed by atoms with Gasteiger partial charge in [-0.2, -0.15) is 0 Å². The van der Waals surface area contributed by atoms with Gasteiger partial charge in [0.2, 0.25) is 5.91 Å². The molecule has 0 aromatic heterocycles. The lowest BCUT2D eigenvalue weighted by molar-refractivity contribution is -0.136. The average Bonchev–Trinajstić information content (AvgIpc) is 3.22. The van der Waals surface area contributed by atoms with E-state index in [2.05, 4.69) is 62.6 Å². The lowest BCUT2D eigenvalue weighted by Gasteiger charge is -2.40. The van der Waals surface area contributed by atoms with Gasteiger partial charge in [0, 0.05) is 6.54 Å². The Labute approximate surface area is 140 Å². The lowest BCUT2D eigenvalue weighted by atomic mass is 9.65. The summed E-state index contributed by atoms with van der Waals surface area (Å²) < 4.78 is 0. The van der Waals surface area contributed by atoms with Crippen LogP contribution in [0.3, 0.4) is 0 Å². The van der Waals surface area contributed by atoms with Crippen molar-refractivity contribution in [2.75, 3.05) is 13.1 Å². The summed E-state index contributed by atoms with van der Waals surface area (Å²) in [5, 5.41) is 6.68. The van der Waals surface area contributed by atoms with Crippen molar-refractivity contribution in [2.24, 2.45) is 10.8 Å². The van der Waals surface area contributed by atoms with Crippen LogP contribution in [0.15, 0.2) is 24.3 Å². The van der Waals surface area contributed by atoms with Crippen LogP contribution in [-0.4, -0.2) is 19.0 Å². The number of hydrogen-bond donors (Lipinski definition) is 2. The van der Waals surface area contributed by atoms with Gasteiger partial charge >= 0.3 is 0 Å². The number of nitrogens with one attached hydrogen (secondary N) is 2. The highest BCUT2D eigenvalue weighted by Crippen LogP contribution is 2.44. The van der Waals surface area contributed by atoms with Crippen LogP contribution in [0.2, 0.25) is 0 Å². The monoisotopic (exact) mass is 314 g/mol. The molecule has 3 heteroatoms. The third-order valence-electron chi connectivity index (χ3n) is 5.83. The van der Waals surface area contributed by atoms with E-state index in [0.717, 1.165) is 25.4 Å². The fraction of sp³-hybridized carbons (Fsp3) is 0.650. The predicted molar refractivity (Wildman–Crippen MR) is 94.3 cm³/mol. The Balaban J connectivity index is 1.75. The highest BCUT2D eigenvalue weighted by atomic mass is 16.2. The Morgan fingerprint density at radius 2 is 2.09 bits per heavy atom. The van der Waals surface area contributed by atoms with Crippen LogP contribution < -0.4 is 10.6 Å². The van der Waals surface area contributed by atoms with E-state index in [1.54, 1.807) is 0 Å². The van der Waals surface area contributed by atoms with Crippen LogP contribution in [0.1, 0.15) is 70.0 Å². The standard InChI is InChI=1S/C20H30N2O/c1-14(16-6-5-7-17(12-16)15-8-9-15)22-18(23)20(19(2,3)4)10-11-21-13-20/h5-7,12,14-15,21H,8-11,13H2,1-4H3,(H,22,23). The highest BCUT2D eigenvalue weighted by molar-refractivity contribution is 5.84. The number of carbonyl (C=O) groups is 1. The molecule has 3 nitrogen and oxygen atoms in total. The molecule has 2 unspecified atom stereocenters. The maximum absolute atomic E-state index is 13.1. The quantitative estimate of drug-likeness (QED) is 0.888. The van der Waals surface area contributed by atoms with Gasteiger partial charge in [-0.25, -0.2) is 0 Å². The Bertz CT molecular complexity index is 578. The molecule has 2 atom stereocenters. The van der Waals surface area contributed by atoms with Crippen LogP contribution in [0.4, 0.5) is 0 Å². The zero-order valence-corrected chi connectivity index (χ0v) is 14.9. The van der Waals surface area contributed by atoms with E-state index in [-0.39, 0.29) is 22.8 Å². The normalized spacial score (nSPS) is 26.1. The topological polar surface area (TPSA) is 41.1 Å². The summed E-state index contributed by atoms with van der Waals surface area (Å²) in [5.41, 5.74) is 2.29. The summed E-state index contributed by atoms with van der Waals surface area (Å²) in [7, 11) is 0. The van der Waals surface area contributed by atoms with E-state index in [0.29, 0.717) is 0 Å². The van der Waals surface area contributed by atoms with E-state index in [9.17, 15) is 4.79 Å². The fourth-order valence-corrected chi connectivity index (χ4v) is 3.78. The number of carbonyl (C=O) groups excluding carboxylic acids is 1. The van der Waals surface area contributed by atoms with Crippen molar-refractivity contribution < 1.29 is 4.79 Å². The molecule has 2 aliphatic rings. The van der Waals surface area contributed by atoms with E-state index in [1.807, 2.05) is 0 Å². The van der Waals surface area contributed by atoms with Crippen LogP contribution in [0.25, 0.3) is 0 Å². The minimum atomic E-state index is -0.310. The first-order valence-corrected chi connectivity index (χ1v) is 8.95. The van der Waals surface area contributed by atoms with Gasteiger partial charge in [0.1, 0.15) is 0 Å². The Morgan fingerprint density at radius 3 is 2.65 bits per heavy atom. The molecule has 1 saturated carbocycles. The van der Waals surface area contributed by atoms with Crippen molar-refractivity contribution >= 4 is 5.91 Å². The van der Waals surface area contributed by atoms with Crippen molar-refractivity contribution in [2.45, 2.75) is 58.9 Å². The Hall–Kier alpha value is -1.35. The third kappa shape index (κ3) is 3.16. The van der Waals surface area contributed by atoms with Gasteiger partial charge in [0.25, 0.3) is 0 Å². The molecular formula is C20H30N2O. The minimum absolute atomic E-state index is 0.0455. The molecule has 0 radical (unpaired) electrons. The molecule has 1 aromatic rings. The summed E-state index contributed by atoms with van der Waals surface area (Å²) in [5.74, 6) is 0.942. The second-order valence-corrected chi connectivity index (χ2v) is 8.40. The lowest BCUT2D eigenvalue weighted by Crippen LogP contribution is -2.51. The number of benzene rings is 1. The SMILES string of the molecule is CC(NC(=O)C1(C(C)(C)C)CCNC1)c1cccc(C2CC2)c1. The molecule has 1 aliphatic heterocycles. The maximum Gasteiger partial charge on any atom is 0.228 e. The molecule has 0 bridgehead atoms. The smallest absolute Gasteiger partial charge is 0.228 e. The molecule has 126 valence electrons. The summed E-state index contributed by atoms with van der Waals surface area (Å²) in [6.07, 6.45) is 3.53. The largest absolute Gasteiger partial charge is 0.349 e. The minimum Gasteiger partial charge on any atom is -0.349 e. The highest BCUT2D eigenvalue weighted by Gasteiger charge is 2.50. The molecule has 3 rings (SSSR count). The summed E-state index contributed by atoms with van der Waals surface area (Å²) >= 11 is 0. The molecule has 1 aliphatic carbocycles. The Morgan fingerprint density at radius 1 is 1.35 bits per heavy atom. The van der Waals surface area contributed by atoms with Gasteiger partial charge in [-0.05, 0) is 55.2 Å². The first kappa shape index (κ1) is 16.5. The van der Waals surface area contributed by atoms with Crippen LogP contribution >= 0.6 is 0 Å². The summed E-state index contributed by atoms with van der Waals surface area (Å²) in [6, 6.07) is 8.81. The fourth-order valence-electron chi connectivity index (χ4n) is 3.78. The van der Waals surface area contributed by atoms with Gasteiger partial charge in [-0.15, -0.1) is 0 Å². The van der Waals surface area contributed by atoms with Crippen molar-refractivity contribution in [1.82, 2.24) is 10.6 Å². The molecule has 1 heterocycles. The maximum atomic E-state index is 13.1. The van der Waals surface area contributed by atoms with Gasteiger partial charge in [0.05, 0.1) is 11.5 Å². The van der Waals surface area contributed by atoms with Gasteiger partial charge in [-0.1, -0.05) is 45.0 Å². The Kier molecular flexibility index (Phi) is 4.26. The number of amides is 1. The molecule has 0 spiro atoms. The zero-order chi connectivity index (χ0) is 16.7. The predicted octanol–water partition coefficient (Wildman–Crippen LogP) is 3.77. The molecule has 23 heavy (non-hydrogen) atoms. The first-order valence-electron chi connectivity index (χ1n) is 8.95. The number of rotatable bonds is 4. The van der Waals surface area contributed by atoms with Gasteiger partial charge < -0.3 is 10.6 Å². The summed E-state index contributed by atoms with van der Waals surface area (Å²) in [6.45, 7) is 10.3. The second kappa shape index (κ2) is 5.94. The van der Waals surface area contributed by atoms with E-state index in [1.165, 1.54) is 24.0 Å². The summed E-state index contributed by atoms with van der Waals surface area (Å²) in [4.78, 5) is 13.1. The number of hydrogen-bond acceptors (Lipinski definition) is 2. The molecular weight excluding hydrogens is 284 g/mol. The van der Waals surface area contributed by atoms with Gasteiger partial charge in [-0.3, -0.25) is 4.79 Å². The van der Waals surface area contributed by atoms with Crippen molar-refractivity contribution in [3.8, 4) is 0 Å². The second-order valence-electron chi connectivity index (χ2n) is 8.40. The van der Waals surface area contributed by atoms with E-state index in [4.69, 9.17) is 0 Å². The van der Waals surface area contributed by atoms with E-state index >= 15 is 0 Å². The molecule has 2 N–H and O–H groups in total. The van der Waals surface area contributed by atoms with Crippen molar-refractivity contribution in [3.63, 3.8) is 0 Å². The molecule has 1 amide bonds. The van der Waals surface area contributed by atoms with Gasteiger partial charge in [0.15, 0.2) is 0 Å². The molecule has 1 aromatic carbocycles. The average molecular weight is 314 g/mol. The van der Waals surface area contributed by atoms with Crippen molar-refractivity contribution in [3.05, 3.63) is 35.4 Å². The third-order valence-corrected chi connectivity index (χ3v) is 5.83. The van der Waals surface area contributed by atoms with Crippen LogP contribution in [0.5, 0.6) is 0 Å². The van der Waals surface area contributed by atoms with Crippen LogP contribution in [0, 0.1) is 10.8 Å². The first-order chi connectivity index (χ1) is 10.8. The van der Waals surface area contributed by atoms with Crippen molar-refractivity contribution in [1.29, 1.82) is 0 Å². The van der Waals surface area contributed by atoms with E-state index < -0.39 is 0 Å². The molecule has 2 fully saturated rings. The zero-order valence-electron chi connectivity index (χ0n) is 14.9. The molecule has 1 saturated heterocycles. The van der Waals surface area contributed by atoms with Crippen LogP contribution in [-0.2, 0) is 4.79 Å².